The molecule has 1 saturated heterocycles. The van der Waals surface area contributed by atoms with E-state index in [-0.39, 0.29) is 17.7 Å². The zero-order valence-electron chi connectivity index (χ0n) is 11.7. The molecule has 20 heavy (non-hydrogen) atoms. The Morgan fingerprint density at radius 2 is 2.00 bits per heavy atom. The lowest BCUT2D eigenvalue weighted by Gasteiger charge is -2.29. The molecule has 5 nitrogen and oxygen atoms in total. The third kappa shape index (κ3) is 4.81. The molecular weight excluding hydrogens is 258 g/mol. The zero-order chi connectivity index (χ0) is 15.0. The Labute approximate surface area is 119 Å². The van der Waals surface area contributed by atoms with Crippen molar-refractivity contribution < 1.29 is 19.4 Å². The standard InChI is InChI=1S/C15H23NO4/c1-3-6-11(7-4-2)14(17)16-13(15(18)19)12-8-5-9-20-10-12/h3-4,11-13H,1-2,5-10H2,(H,16,17)(H,18,19). The van der Waals surface area contributed by atoms with Crippen LogP contribution in [0.15, 0.2) is 25.3 Å². The largest absolute Gasteiger partial charge is 0.480 e. The predicted molar refractivity (Wildman–Crippen MR) is 76.2 cm³/mol. The molecule has 2 N–H and O–H groups in total. The van der Waals surface area contributed by atoms with E-state index in [1.807, 2.05) is 0 Å². The molecule has 0 saturated carbocycles. The van der Waals surface area contributed by atoms with Gasteiger partial charge in [0.2, 0.25) is 5.91 Å². The summed E-state index contributed by atoms with van der Waals surface area (Å²) >= 11 is 0. The van der Waals surface area contributed by atoms with Crippen molar-refractivity contribution in [2.24, 2.45) is 11.8 Å². The second kappa shape index (κ2) is 8.53. The number of hydrogen-bond acceptors (Lipinski definition) is 3. The summed E-state index contributed by atoms with van der Waals surface area (Å²) in [6.07, 6.45) is 5.91. The number of ether oxygens (including phenoxy) is 1. The highest BCUT2D eigenvalue weighted by molar-refractivity contribution is 5.85. The van der Waals surface area contributed by atoms with Crippen LogP contribution in [-0.4, -0.2) is 36.2 Å². The molecule has 0 aromatic heterocycles. The molecule has 2 atom stereocenters. The first kappa shape index (κ1) is 16.4. The second-order valence-corrected chi connectivity index (χ2v) is 5.05. The van der Waals surface area contributed by atoms with E-state index < -0.39 is 12.0 Å². The number of carbonyl (C=O) groups is 2. The average Bonchev–Trinajstić information content (AvgIpc) is 2.45. The fourth-order valence-corrected chi connectivity index (χ4v) is 2.39. The number of amides is 1. The molecular formula is C15H23NO4. The highest BCUT2D eigenvalue weighted by Crippen LogP contribution is 2.19. The molecule has 0 radical (unpaired) electrons. The Balaban J connectivity index is 2.67. The van der Waals surface area contributed by atoms with Gasteiger partial charge in [-0.15, -0.1) is 13.2 Å². The number of hydrogen-bond donors (Lipinski definition) is 2. The molecule has 0 aromatic rings. The molecule has 1 aliphatic heterocycles. The van der Waals surface area contributed by atoms with Crippen LogP contribution in [0.2, 0.25) is 0 Å². The van der Waals surface area contributed by atoms with Gasteiger partial charge in [-0.1, -0.05) is 12.2 Å². The van der Waals surface area contributed by atoms with E-state index >= 15 is 0 Å². The first-order chi connectivity index (χ1) is 9.60. The van der Waals surface area contributed by atoms with Crippen molar-refractivity contribution in [2.45, 2.75) is 31.7 Å². The van der Waals surface area contributed by atoms with Crippen molar-refractivity contribution >= 4 is 11.9 Å². The molecule has 0 aliphatic carbocycles. The SMILES string of the molecule is C=CCC(CC=C)C(=O)NC(C(=O)O)C1CCCOC1. The molecule has 1 heterocycles. The van der Waals surface area contributed by atoms with Crippen molar-refractivity contribution in [1.29, 1.82) is 0 Å². The third-order valence-electron chi connectivity index (χ3n) is 3.50. The van der Waals surface area contributed by atoms with E-state index in [1.54, 1.807) is 12.2 Å². The van der Waals surface area contributed by atoms with Gasteiger partial charge >= 0.3 is 5.97 Å². The molecule has 1 rings (SSSR count). The third-order valence-corrected chi connectivity index (χ3v) is 3.50. The number of allylic oxidation sites excluding steroid dienone is 2. The minimum Gasteiger partial charge on any atom is -0.480 e. The van der Waals surface area contributed by atoms with E-state index in [9.17, 15) is 14.7 Å². The Hall–Kier alpha value is -1.62. The van der Waals surface area contributed by atoms with Gasteiger partial charge in [-0.3, -0.25) is 4.79 Å². The molecule has 0 bridgehead atoms. The summed E-state index contributed by atoms with van der Waals surface area (Å²) in [6.45, 7) is 8.28. The van der Waals surface area contributed by atoms with Crippen LogP contribution >= 0.6 is 0 Å². The van der Waals surface area contributed by atoms with Crippen LogP contribution in [0, 0.1) is 11.8 Å². The van der Waals surface area contributed by atoms with Crippen molar-refractivity contribution in [3.05, 3.63) is 25.3 Å². The number of carbonyl (C=O) groups excluding carboxylic acids is 1. The summed E-state index contributed by atoms with van der Waals surface area (Å²) < 4.78 is 5.30. The van der Waals surface area contributed by atoms with Gasteiger partial charge in [-0.25, -0.2) is 4.79 Å². The Kier molecular flexibility index (Phi) is 7.01. The van der Waals surface area contributed by atoms with Crippen LogP contribution in [0.1, 0.15) is 25.7 Å². The molecule has 0 aromatic carbocycles. The quantitative estimate of drug-likeness (QED) is 0.665. The van der Waals surface area contributed by atoms with Crippen molar-refractivity contribution in [3.8, 4) is 0 Å². The predicted octanol–water partition coefficient (Wildman–Crippen LogP) is 1.75. The summed E-state index contributed by atoms with van der Waals surface area (Å²) in [5.74, 6) is -1.75. The maximum atomic E-state index is 12.2. The van der Waals surface area contributed by atoms with Gasteiger partial charge in [0.1, 0.15) is 6.04 Å². The zero-order valence-corrected chi connectivity index (χ0v) is 11.7. The average molecular weight is 281 g/mol. The molecule has 5 heteroatoms. The normalized spacial score (nSPS) is 20.1. The van der Waals surface area contributed by atoms with Crippen LogP contribution in [0.4, 0.5) is 0 Å². The van der Waals surface area contributed by atoms with E-state index in [0.717, 1.165) is 12.8 Å². The minimum atomic E-state index is -1.01. The highest BCUT2D eigenvalue weighted by Gasteiger charge is 2.32. The van der Waals surface area contributed by atoms with Gasteiger partial charge in [0.05, 0.1) is 6.61 Å². The van der Waals surface area contributed by atoms with Crippen molar-refractivity contribution in [3.63, 3.8) is 0 Å². The molecule has 112 valence electrons. The first-order valence-corrected chi connectivity index (χ1v) is 6.92. The Morgan fingerprint density at radius 1 is 1.35 bits per heavy atom. The number of carboxylic acids is 1. The summed E-state index contributed by atoms with van der Waals surface area (Å²) in [4.78, 5) is 23.5. The van der Waals surface area contributed by atoms with E-state index in [0.29, 0.717) is 26.1 Å². The fourth-order valence-electron chi connectivity index (χ4n) is 2.39. The fraction of sp³-hybridized carbons (Fsp3) is 0.600. The lowest BCUT2D eigenvalue weighted by molar-refractivity contribution is -0.145. The van der Waals surface area contributed by atoms with Gasteiger partial charge < -0.3 is 15.2 Å². The van der Waals surface area contributed by atoms with Crippen LogP contribution in [0.3, 0.4) is 0 Å². The maximum Gasteiger partial charge on any atom is 0.326 e. The first-order valence-electron chi connectivity index (χ1n) is 6.92. The number of rotatable bonds is 8. The van der Waals surface area contributed by atoms with Crippen LogP contribution in [0.5, 0.6) is 0 Å². The van der Waals surface area contributed by atoms with E-state index in [4.69, 9.17) is 4.74 Å². The maximum absolute atomic E-state index is 12.2. The topological polar surface area (TPSA) is 75.6 Å². The summed E-state index contributed by atoms with van der Waals surface area (Å²) in [6, 6.07) is -0.889. The number of aliphatic carboxylic acids is 1. The smallest absolute Gasteiger partial charge is 0.326 e. The molecule has 1 amide bonds. The Bertz CT molecular complexity index is 351. The van der Waals surface area contributed by atoms with Gasteiger partial charge in [0, 0.05) is 18.4 Å². The highest BCUT2D eigenvalue weighted by atomic mass is 16.5. The van der Waals surface area contributed by atoms with Crippen molar-refractivity contribution in [1.82, 2.24) is 5.32 Å². The Morgan fingerprint density at radius 3 is 2.45 bits per heavy atom. The number of nitrogens with one attached hydrogen (secondary N) is 1. The van der Waals surface area contributed by atoms with Gasteiger partial charge in [0.15, 0.2) is 0 Å². The van der Waals surface area contributed by atoms with Crippen LogP contribution in [-0.2, 0) is 14.3 Å². The summed E-state index contributed by atoms with van der Waals surface area (Å²) in [5, 5.41) is 11.9. The van der Waals surface area contributed by atoms with Gasteiger partial charge in [-0.05, 0) is 25.7 Å². The monoisotopic (exact) mass is 281 g/mol. The molecule has 2 unspecified atom stereocenters. The van der Waals surface area contributed by atoms with Crippen LogP contribution < -0.4 is 5.32 Å². The number of carboxylic acid groups (broad SMARTS) is 1. The van der Waals surface area contributed by atoms with Crippen molar-refractivity contribution in [2.75, 3.05) is 13.2 Å². The molecule has 1 fully saturated rings. The summed E-state index contributed by atoms with van der Waals surface area (Å²) in [7, 11) is 0. The van der Waals surface area contributed by atoms with E-state index in [2.05, 4.69) is 18.5 Å². The minimum absolute atomic E-state index is 0.168. The molecule has 1 aliphatic rings. The molecule has 0 spiro atoms. The second-order valence-electron chi connectivity index (χ2n) is 5.05. The lowest BCUT2D eigenvalue weighted by atomic mass is 9.92. The lowest BCUT2D eigenvalue weighted by Crippen LogP contribution is -2.50. The van der Waals surface area contributed by atoms with Gasteiger partial charge in [0.25, 0.3) is 0 Å². The summed E-state index contributed by atoms with van der Waals surface area (Å²) in [5.41, 5.74) is 0. The van der Waals surface area contributed by atoms with Gasteiger partial charge in [-0.2, -0.15) is 0 Å². The van der Waals surface area contributed by atoms with E-state index in [1.165, 1.54) is 0 Å². The van der Waals surface area contributed by atoms with Crippen LogP contribution in [0.25, 0.3) is 0 Å².